The number of nitrogens with zero attached hydrogens (tertiary/aromatic N) is 2. The number of rotatable bonds is 8. The van der Waals surface area contributed by atoms with E-state index in [0.29, 0.717) is 11.3 Å². The summed E-state index contributed by atoms with van der Waals surface area (Å²) in [6, 6.07) is 10.2. The second-order valence-electron chi connectivity index (χ2n) is 7.46. The van der Waals surface area contributed by atoms with Crippen LogP contribution in [-0.4, -0.2) is 51.0 Å². The Balaban J connectivity index is 2.43. The van der Waals surface area contributed by atoms with Crippen LogP contribution in [0.2, 0.25) is 0 Å². The lowest BCUT2D eigenvalue weighted by atomic mass is 10.1. The molecule has 0 heterocycles. The third-order valence-electron chi connectivity index (χ3n) is 5.01. The zero-order chi connectivity index (χ0) is 23.3. The maximum Gasteiger partial charge on any atom is 0.244 e. The number of carbonyl (C=O) groups is 2. The number of anilines is 1. The van der Waals surface area contributed by atoms with E-state index < -0.39 is 40.2 Å². The third kappa shape index (κ3) is 6.04. The highest BCUT2D eigenvalue weighted by atomic mass is 32.2. The molecule has 1 N–H and O–H groups in total. The number of aryl methyl sites for hydroxylation is 2. The minimum absolute atomic E-state index is 0.176. The maximum absolute atomic E-state index is 14.2. The van der Waals surface area contributed by atoms with Gasteiger partial charge in [-0.1, -0.05) is 35.9 Å². The average molecular weight is 450 g/mol. The van der Waals surface area contributed by atoms with Crippen LogP contribution in [0.4, 0.5) is 10.1 Å². The van der Waals surface area contributed by atoms with Crippen LogP contribution < -0.4 is 9.62 Å². The van der Waals surface area contributed by atoms with E-state index in [2.05, 4.69) is 5.32 Å². The van der Waals surface area contributed by atoms with Gasteiger partial charge in [-0.3, -0.25) is 13.9 Å². The Bertz CT molecular complexity index is 1070. The fraction of sp³-hybridized carbons (Fsp3) is 0.364. The molecular weight excluding hydrogens is 421 g/mol. The van der Waals surface area contributed by atoms with E-state index in [1.165, 1.54) is 37.1 Å². The molecule has 2 aromatic carbocycles. The van der Waals surface area contributed by atoms with Crippen LogP contribution in [0.1, 0.15) is 23.6 Å². The van der Waals surface area contributed by atoms with Gasteiger partial charge in [-0.2, -0.15) is 0 Å². The molecule has 0 aliphatic rings. The molecule has 0 aromatic heterocycles. The van der Waals surface area contributed by atoms with Gasteiger partial charge in [0.15, 0.2) is 0 Å². The third-order valence-corrected chi connectivity index (χ3v) is 6.14. The fourth-order valence-corrected chi connectivity index (χ4v) is 4.19. The molecule has 0 aliphatic heterocycles. The number of nitrogens with one attached hydrogen (secondary N) is 1. The lowest BCUT2D eigenvalue weighted by Gasteiger charge is -2.31. The summed E-state index contributed by atoms with van der Waals surface area (Å²) in [6.07, 6.45) is 1.02. The van der Waals surface area contributed by atoms with Gasteiger partial charge in [0, 0.05) is 19.2 Å². The van der Waals surface area contributed by atoms with Crippen LogP contribution in [0, 0.1) is 19.7 Å². The van der Waals surface area contributed by atoms with E-state index in [-0.39, 0.29) is 12.1 Å². The van der Waals surface area contributed by atoms with Crippen molar-refractivity contribution < 1.29 is 22.4 Å². The van der Waals surface area contributed by atoms with Crippen molar-refractivity contribution in [1.29, 1.82) is 0 Å². The lowest BCUT2D eigenvalue weighted by molar-refractivity contribution is -0.139. The first-order valence-corrected chi connectivity index (χ1v) is 11.6. The number of hydrogen-bond donors (Lipinski definition) is 1. The Morgan fingerprint density at radius 1 is 1.13 bits per heavy atom. The van der Waals surface area contributed by atoms with E-state index in [9.17, 15) is 22.4 Å². The van der Waals surface area contributed by atoms with Gasteiger partial charge in [-0.05, 0) is 38.5 Å². The molecular formula is C22H28FN3O4S. The molecule has 1 atom stereocenters. The molecule has 0 saturated carbocycles. The van der Waals surface area contributed by atoms with Gasteiger partial charge in [-0.15, -0.1) is 0 Å². The smallest absolute Gasteiger partial charge is 0.244 e. The minimum atomic E-state index is -3.80. The minimum Gasteiger partial charge on any atom is -0.357 e. The van der Waals surface area contributed by atoms with Gasteiger partial charge >= 0.3 is 0 Å². The molecule has 0 spiro atoms. The highest BCUT2D eigenvalue weighted by Crippen LogP contribution is 2.24. The summed E-state index contributed by atoms with van der Waals surface area (Å²) in [5.41, 5.74) is 2.25. The highest BCUT2D eigenvalue weighted by Gasteiger charge is 2.30. The first kappa shape index (κ1) is 24.3. The maximum atomic E-state index is 14.2. The summed E-state index contributed by atoms with van der Waals surface area (Å²) in [5.74, 6) is -1.58. The molecule has 7 nitrogen and oxygen atoms in total. The van der Waals surface area contributed by atoms with Crippen molar-refractivity contribution in [2.24, 2.45) is 0 Å². The summed E-state index contributed by atoms with van der Waals surface area (Å²) in [5, 5.41) is 2.47. The van der Waals surface area contributed by atoms with Crippen LogP contribution in [0.5, 0.6) is 0 Å². The van der Waals surface area contributed by atoms with Gasteiger partial charge in [0.1, 0.15) is 18.4 Å². The van der Waals surface area contributed by atoms with Crippen molar-refractivity contribution in [2.75, 3.05) is 24.2 Å². The van der Waals surface area contributed by atoms with E-state index in [0.717, 1.165) is 16.1 Å². The van der Waals surface area contributed by atoms with Crippen molar-refractivity contribution in [2.45, 2.75) is 33.4 Å². The van der Waals surface area contributed by atoms with Gasteiger partial charge in [0.25, 0.3) is 0 Å². The second-order valence-corrected chi connectivity index (χ2v) is 9.37. The molecule has 0 radical (unpaired) electrons. The van der Waals surface area contributed by atoms with Crippen LogP contribution >= 0.6 is 0 Å². The number of likely N-dealkylation sites (N-methyl/N-ethyl adjacent to an activating group) is 1. The zero-order valence-electron chi connectivity index (χ0n) is 18.3. The number of benzene rings is 2. The molecule has 0 aliphatic carbocycles. The van der Waals surface area contributed by atoms with Gasteiger partial charge in [0.2, 0.25) is 21.8 Å². The second kappa shape index (κ2) is 9.91. The van der Waals surface area contributed by atoms with Crippen LogP contribution in [0.15, 0.2) is 42.5 Å². The zero-order valence-corrected chi connectivity index (χ0v) is 19.2. The average Bonchev–Trinajstić information content (AvgIpc) is 2.70. The Morgan fingerprint density at radius 2 is 1.77 bits per heavy atom. The summed E-state index contributed by atoms with van der Waals surface area (Å²) in [7, 11) is -2.37. The molecule has 0 unspecified atom stereocenters. The monoisotopic (exact) mass is 449 g/mol. The van der Waals surface area contributed by atoms with E-state index in [1.807, 2.05) is 13.0 Å². The molecule has 0 bridgehead atoms. The van der Waals surface area contributed by atoms with E-state index >= 15 is 0 Å². The Morgan fingerprint density at radius 3 is 2.32 bits per heavy atom. The van der Waals surface area contributed by atoms with Crippen LogP contribution in [0.25, 0.3) is 0 Å². The van der Waals surface area contributed by atoms with Gasteiger partial charge in [-0.25, -0.2) is 12.8 Å². The van der Waals surface area contributed by atoms with Crippen LogP contribution in [0.3, 0.4) is 0 Å². The SMILES string of the molecule is CNC(=O)[C@@H](C)N(Cc1ccccc1F)C(=O)CN(c1ccc(C)cc1C)S(C)(=O)=O. The molecule has 2 rings (SSSR count). The lowest BCUT2D eigenvalue weighted by Crippen LogP contribution is -2.50. The van der Waals surface area contributed by atoms with E-state index in [1.54, 1.807) is 25.1 Å². The Labute approximate surface area is 182 Å². The molecule has 168 valence electrons. The highest BCUT2D eigenvalue weighted by molar-refractivity contribution is 7.92. The molecule has 0 fully saturated rings. The fourth-order valence-electron chi connectivity index (χ4n) is 3.28. The number of amides is 2. The number of carbonyl (C=O) groups excluding carboxylic acids is 2. The molecule has 31 heavy (non-hydrogen) atoms. The molecule has 9 heteroatoms. The normalized spacial score (nSPS) is 12.2. The Hall–Kier alpha value is -2.94. The topological polar surface area (TPSA) is 86.8 Å². The summed E-state index contributed by atoms with van der Waals surface area (Å²) < 4.78 is 40.3. The van der Waals surface area contributed by atoms with Crippen molar-refractivity contribution in [1.82, 2.24) is 10.2 Å². The van der Waals surface area contributed by atoms with Crippen molar-refractivity contribution in [3.05, 3.63) is 65.0 Å². The molecule has 2 amide bonds. The van der Waals surface area contributed by atoms with Gasteiger partial charge < -0.3 is 10.2 Å². The number of sulfonamides is 1. The first-order chi connectivity index (χ1) is 14.5. The molecule has 2 aromatic rings. The van der Waals surface area contributed by atoms with Crippen molar-refractivity contribution in [3.63, 3.8) is 0 Å². The van der Waals surface area contributed by atoms with Crippen molar-refractivity contribution in [3.8, 4) is 0 Å². The number of halogens is 1. The standard InChI is InChI=1S/C22H28FN3O4S/c1-15-10-11-20(16(2)12-15)26(31(5,29)30)14-21(27)25(17(3)22(28)24-4)13-18-8-6-7-9-19(18)23/h6-12,17H,13-14H2,1-5H3,(H,24,28)/t17-/m1/s1. The predicted octanol–water partition coefficient (Wildman–Crippen LogP) is 2.37. The summed E-state index contributed by atoms with van der Waals surface area (Å²) >= 11 is 0. The van der Waals surface area contributed by atoms with Crippen molar-refractivity contribution >= 4 is 27.5 Å². The predicted molar refractivity (Wildman–Crippen MR) is 119 cm³/mol. The van der Waals surface area contributed by atoms with Crippen LogP contribution in [-0.2, 0) is 26.2 Å². The quantitative estimate of drug-likeness (QED) is 0.670. The largest absolute Gasteiger partial charge is 0.357 e. The summed E-state index contributed by atoms with van der Waals surface area (Å²) in [4.78, 5) is 26.7. The Kier molecular flexibility index (Phi) is 7.78. The first-order valence-electron chi connectivity index (χ1n) is 9.75. The van der Waals surface area contributed by atoms with Gasteiger partial charge in [0.05, 0.1) is 11.9 Å². The summed E-state index contributed by atoms with van der Waals surface area (Å²) in [6.45, 7) is 4.46. The number of hydrogen-bond acceptors (Lipinski definition) is 4. The van der Waals surface area contributed by atoms with E-state index in [4.69, 9.17) is 0 Å². The molecule has 0 saturated heterocycles.